The molecule has 1 N–H and O–H groups in total. The van der Waals surface area contributed by atoms with Gasteiger partial charge in [0.2, 0.25) is 0 Å². The zero-order valence-corrected chi connectivity index (χ0v) is 11.9. The van der Waals surface area contributed by atoms with Gasteiger partial charge in [0, 0.05) is 25.2 Å². The minimum absolute atomic E-state index is 0.886. The fraction of sp³-hybridized carbons (Fsp3) is 1.00. The van der Waals surface area contributed by atoms with Gasteiger partial charge in [-0.3, -0.25) is 9.80 Å². The van der Waals surface area contributed by atoms with Crippen LogP contribution >= 0.6 is 0 Å². The summed E-state index contributed by atoms with van der Waals surface area (Å²) in [6.45, 7) is 10.0. The monoisotopic (exact) mass is 251 g/mol. The Balaban J connectivity index is 1.53. The predicted molar refractivity (Wildman–Crippen MR) is 75.8 cm³/mol. The molecule has 3 fully saturated rings. The molecule has 0 radical (unpaired) electrons. The highest BCUT2D eigenvalue weighted by Gasteiger charge is 2.40. The van der Waals surface area contributed by atoms with Crippen molar-refractivity contribution in [2.24, 2.45) is 5.92 Å². The Bertz CT molecular complexity index is 268. The van der Waals surface area contributed by atoms with E-state index in [1.165, 1.54) is 64.8 Å². The molecule has 3 aliphatic rings. The van der Waals surface area contributed by atoms with Crippen LogP contribution in [0, 0.1) is 5.92 Å². The smallest absolute Gasteiger partial charge is 0.0263 e. The van der Waals surface area contributed by atoms with Gasteiger partial charge in [-0.05, 0) is 57.8 Å². The van der Waals surface area contributed by atoms with Crippen LogP contribution in [-0.4, -0.2) is 61.2 Å². The van der Waals surface area contributed by atoms with Crippen LogP contribution in [0.5, 0.6) is 0 Å². The van der Waals surface area contributed by atoms with Crippen molar-refractivity contribution < 1.29 is 0 Å². The second-order valence-corrected chi connectivity index (χ2v) is 6.41. The van der Waals surface area contributed by atoms with Gasteiger partial charge in [-0.2, -0.15) is 0 Å². The number of hydrogen-bond donors (Lipinski definition) is 1. The second-order valence-electron chi connectivity index (χ2n) is 6.41. The van der Waals surface area contributed by atoms with Gasteiger partial charge < -0.3 is 5.32 Å². The first kappa shape index (κ1) is 12.9. The van der Waals surface area contributed by atoms with Crippen LogP contribution in [0.4, 0.5) is 0 Å². The molecular weight excluding hydrogens is 222 g/mol. The molecular formula is C15H29N3. The SMILES string of the molecule is CCNCC1CCN(C2CCN3CCCCC23)C1. The number of nitrogens with one attached hydrogen (secondary N) is 1. The quantitative estimate of drug-likeness (QED) is 0.818. The van der Waals surface area contributed by atoms with Gasteiger partial charge >= 0.3 is 0 Å². The molecule has 0 aliphatic carbocycles. The highest BCUT2D eigenvalue weighted by atomic mass is 15.3. The predicted octanol–water partition coefficient (Wildman–Crippen LogP) is 1.54. The Morgan fingerprint density at radius 1 is 0.944 bits per heavy atom. The Labute approximate surface area is 112 Å². The Morgan fingerprint density at radius 3 is 2.67 bits per heavy atom. The third kappa shape index (κ3) is 2.59. The maximum absolute atomic E-state index is 3.52. The fourth-order valence-electron chi connectivity index (χ4n) is 4.33. The lowest BCUT2D eigenvalue weighted by molar-refractivity contribution is 0.128. The molecule has 3 unspecified atom stereocenters. The zero-order valence-electron chi connectivity index (χ0n) is 11.9. The molecule has 3 nitrogen and oxygen atoms in total. The summed E-state index contributed by atoms with van der Waals surface area (Å²) in [4.78, 5) is 5.59. The number of nitrogens with zero attached hydrogens (tertiary/aromatic N) is 2. The van der Waals surface area contributed by atoms with Crippen LogP contribution in [0.2, 0.25) is 0 Å². The number of likely N-dealkylation sites (tertiary alicyclic amines) is 1. The van der Waals surface area contributed by atoms with Crippen molar-refractivity contribution in [3.05, 3.63) is 0 Å². The summed E-state index contributed by atoms with van der Waals surface area (Å²) in [6, 6.07) is 1.79. The third-order valence-corrected chi connectivity index (χ3v) is 5.29. The average molecular weight is 251 g/mol. The number of piperidine rings is 1. The van der Waals surface area contributed by atoms with E-state index in [1.54, 1.807) is 0 Å². The summed E-state index contributed by atoms with van der Waals surface area (Å²) in [6.07, 6.45) is 7.20. The van der Waals surface area contributed by atoms with Crippen molar-refractivity contribution in [3.63, 3.8) is 0 Å². The van der Waals surface area contributed by atoms with Crippen LogP contribution in [0.1, 0.15) is 39.0 Å². The van der Waals surface area contributed by atoms with Crippen LogP contribution < -0.4 is 5.32 Å². The van der Waals surface area contributed by atoms with E-state index in [4.69, 9.17) is 0 Å². The Morgan fingerprint density at radius 2 is 1.78 bits per heavy atom. The van der Waals surface area contributed by atoms with E-state index in [9.17, 15) is 0 Å². The summed E-state index contributed by atoms with van der Waals surface area (Å²) in [5, 5.41) is 3.52. The normalized spacial score (nSPS) is 38.2. The van der Waals surface area contributed by atoms with Gasteiger partial charge in [0.15, 0.2) is 0 Å². The van der Waals surface area contributed by atoms with E-state index in [-0.39, 0.29) is 0 Å². The summed E-state index contributed by atoms with van der Waals surface area (Å²) in [5.74, 6) is 0.905. The standard InChI is InChI=1S/C15H29N3/c1-2-16-11-13-6-9-18(12-13)15-7-10-17-8-4-3-5-14(15)17/h13-16H,2-12H2,1H3. The van der Waals surface area contributed by atoms with Crippen molar-refractivity contribution in [2.75, 3.05) is 39.3 Å². The van der Waals surface area contributed by atoms with E-state index < -0.39 is 0 Å². The molecule has 3 aliphatic heterocycles. The summed E-state index contributed by atoms with van der Waals surface area (Å²) in [5.41, 5.74) is 0. The highest BCUT2D eigenvalue weighted by Crippen LogP contribution is 2.33. The van der Waals surface area contributed by atoms with E-state index >= 15 is 0 Å². The van der Waals surface area contributed by atoms with E-state index in [0.29, 0.717) is 0 Å². The largest absolute Gasteiger partial charge is 0.317 e. The second kappa shape index (κ2) is 5.89. The molecule has 0 saturated carbocycles. The first-order valence-corrected chi connectivity index (χ1v) is 8.07. The molecule has 3 heterocycles. The van der Waals surface area contributed by atoms with Gasteiger partial charge in [-0.15, -0.1) is 0 Å². The molecule has 18 heavy (non-hydrogen) atoms. The minimum Gasteiger partial charge on any atom is -0.317 e. The Hall–Kier alpha value is -0.120. The van der Waals surface area contributed by atoms with E-state index in [2.05, 4.69) is 22.0 Å². The van der Waals surface area contributed by atoms with Gasteiger partial charge in [-0.25, -0.2) is 0 Å². The molecule has 0 bridgehead atoms. The molecule has 3 saturated heterocycles. The molecule has 0 amide bonds. The molecule has 0 aromatic rings. The molecule has 104 valence electrons. The van der Waals surface area contributed by atoms with Crippen molar-refractivity contribution in [3.8, 4) is 0 Å². The molecule has 3 atom stereocenters. The lowest BCUT2D eigenvalue weighted by Gasteiger charge is -2.36. The van der Waals surface area contributed by atoms with Gasteiger partial charge in [0.05, 0.1) is 0 Å². The summed E-state index contributed by atoms with van der Waals surface area (Å²) < 4.78 is 0. The maximum atomic E-state index is 3.52. The van der Waals surface area contributed by atoms with Gasteiger partial charge in [0.1, 0.15) is 0 Å². The van der Waals surface area contributed by atoms with E-state index in [1.807, 2.05) is 0 Å². The lowest BCUT2D eigenvalue weighted by atomic mass is 9.98. The first-order valence-electron chi connectivity index (χ1n) is 8.07. The van der Waals surface area contributed by atoms with Crippen molar-refractivity contribution in [1.82, 2.24) is 15.1 Å². The van der Waals surface area contributed by atoms with E-state index in [0.717, 1.165) is 24.5 Å². The number of hydrogen-bond acceptors (Lipinski definition) is 3. The third-order valence-electron chi connectivity index (χ3n) is 5.29. The summed E-state index contributed by atoms with van der Waals surface area (Å²) >= 11 is 0. The average Bonchev–Trinajstić information content (AvgIpc) is 3.02. The Kier molecular flexibility index (Phi) is 4.22. The maximum Gasteiger partial charge on any atom is 0.0263 e. The first-order chi connectivity index (χ1) is 8.88. The highest BCUT2D eigenvalue weighted by molar-refractivity contribution is 4.97. The molecule has 3 rings (SSSR count). The molecule has 3 heteroatoms. The van der Waals surface area contributed by atoms with Crippen LogP contribution in [0.15, 0.2) is 0 Å². The summed E-state index contributed by atoms with van der Waals surface area (Å²) in [7, 11) is 0. The molecule has 0 spiro atoms. The van der Waals surface area contributed by atoms with Crippen molar-refractivity contribution in [2.45, 2.75) is 51.1 Å². The van der Waals surface area contributed by atoms with Crippen molar-refractivity contribution in [1.29, 1.82) is 0 Å². The van der Waals surface area contributed by atoms with Gasteiger partial charge in [-0.1, -0.05) is 13.3 Å². The van der Waals surface area contributed by atoms with Gasteiger partial charge in [0.25, 0.3) is 0 Å². The lowest BCUT2D eigenvalue weighted by Crippen LogP contribution is -2.46. The van der Waals surface area contributed by atoms with Crippen molar-refractivity contribution >= 4 is 0 Å². The number of fused-ring (bicyclic) bond motifs is 1. The minimum atomic E-state index is 0.886. The molecule has 0 aromatic carbocycles. The van der Waals surface area contributed by atoms with Crippen LogP contribution in [-0.2, 0) is 0 Å². The number of rotatable bonds is 4. The fourth-order valence-corrected chi connectivity index (χ4v) is 4.33. The molecule has 0 aromatic heterocycles. The topological polar surface area (TPSA) is 18.5 Å². The van der Waals surface area contributed by atoms with Crippen LogP contribution in [0.25, 0.3) is 0 Å². The zero-order chi connectivity index (χ0) is 12.4. The van der Waals surface area contributed by atoms with Crippen LogP contribution in [0.3, 0.4) is 0 Å².